The van der Waals surface area contributed by atoms with Crippen LogP contribution in [0.1, 0.15) is 5.56 Å². The summed E-state index contributed by atoms with van der Waals surface area (Å²) >= 11 is 0.959. The molecule has 0 unspecified atom stereocenters. The van der Waals surface area contributed by atoms with Crippen LogP contribution in [0.2, 0.25) is 0 Å². The molecule has 2 nitrogen and oxygen atoms in total. The zero-order valence-electron chi connectivity index (χ0n) is 6.77. The van der Waals surface area contributed by atoms with Gasteiger partial charge in [-0.25, -0.2) is 13.8 Å². The molecule has 0 bridgehead atoms. The van der Waals surface area contributed by atoms with E-state index in [2.05, 4.69) is 4.98 Å². The molecule has 68 valence electrons. The second kappa shape index (κ2) is 2.63. The number of aryl methyl sites for hydroxylation is 1. The van der Waals surface area contributed by atoms with Crippen molar-refractivity contribution in [2.75, 3.05) is 5.73 Å². The highest BCUT2D eigenvalue weighted by molar-refractivity contribution is 7.22. The Morgan fingerprint density at radius 3 is 2.85 bits per heavy atom. The van der Waals surface area contributed by atoms with Crippen molar-refractivity contribution in [3.63, 3.8) is 0 Å². The lowest BCUT2D eigenvalue weighted by molar-refractivity contribution is 0.517. The van der Waals surface area contributed by atoms with Gasteiger partial charge in [-0.3, -0.25) is 0 Å². The number of aromatic nitrogens is 1. The highest BCUT2D eigenvalue weighted by atomic mass is 32.1. The number of nitrogens with two attached hydrogens (primary N) is 1. The van der Waals surface area contributed by atoms with Crippen molar-refractivity contribution in [1.82, 2.24) is 4.98 Å². The van der Waals surface area contributed by atoms with Gasteiger partial charge in [0.05, 0.1) is 10.2 Å². The SMILES string of the molecule is Cc1cc(F)c(F)c2sc(N)nc12. The molecule has 0 aliphatic heterocycles. The Bertz CT molecular complexity index is 478. The molecule has 0 atom stereocenters. The van der Waals surface area contributed by atoms with E-state index in [1.54, 1.807) is 6.92 Å². The van der Waals surface area contributed by atoms with Crippen LogP contribution in [-0.4, -0.2) is 4.98 Å². The molecule has 2 rings (SSSR count). The van der Waals surface area contributed by atoms with Crippen LogP contribution in [0.15, 0.2) is 6.07 Å². The van der Waals surface area contributed by atoms with Crippen LogP contribution in [0.4, 0.5) is 13.9 Å². The van der Waals surface area contributed by atoms with Crippen LogP contribution in [0, 0.1) is 18.6 Å². The number of hydrogen-bond acceptors (Lipinski definition) is 3. The maximum atomic E-state index is 13.1. The zero-order chi connectivity index (χ0) is 9.59. The molecule has 0 radical (unpaired) electrons. The highest BCUT2D eigenvalue weighted by Gasteiger charge is 2.13. The summed E-state index contributed by atoms with van der Waals surface area (Å²) < 4.78 is 26.2. The third kappa shape index (κ3) is 1.16. The molecule has 1 heterocycles. The lowest BCUT2D eigenvalue weighted by Gasteiger charge is -1.96. The summed E-state index contributed by atoms with van der Waals surface area (Å²) in [5, 5.41) is 0.252. The van der Waals surface area contributed by atoms with E-state index in [4.69, 9.17) is 5.73 Å². The second-order valence-corrected chi connectivity index (χ2v) is 3.75. The Morgan fingerprint density at radius 2 is 2.15 bits per heavy atom. The summed E-state index contributed by atoms with van der Waals surface area (Å²) in [6, 6.07) is 1.12. The number of anilines is 1. The van der Waals surface area contributed by atoms with Crippen molar-refractivity contribution in [3.8, 4) is 0 Å². The van der Waals surface area contributed by atoms with Gasteiger partial charge >= 0.3 is 0 Å². The van der Waals surface area contributed by atoms with Crippen molar-refractivity contribution in [2.45, 2.75) is 6.92 Å². The summed E-state index contributed by atoms with van der Waals surface area (Å²) in [6.07, 6.45) is 0. The van der Waals surface area contributed by atoms with Crippen LogP contribution < -0.4 is 5.73 Å². The molecule has 0 saturated carbocycles. The monoisotopic (exact) mass is 200 g/mol. The third-order valence-corrected chi connectivity index (χ3v) is 2.65. The van der Waals surface area contributed by atoms with Crippen LogP contribution >= 0.6 is 11.3 Å². The smallest absolute Gasteiger partial charge is 0.181 e. The zero-order valence-corrected chi connectivity index (χ0v) is 7.58. The average molecular weight is 200 g/mol. The van der Waals surface area contributed by atoms with Crippen LogP contribution in [0.25, 0.3) is 10.2 Å². The lowest BCUT2D eigenvalue weighted by Crippen LogP contribution is -1.87. The fraction of sp³-hybridized carbons (Fsp3) is 0.125. The van der Waals surface area contributed by atoms with Crippen molar-refractivity contribution >= 4 is 26.7 Å². The molecule has 0 spiro atoms. The average Bonchev–Trinajstić information content (AvgIpc) is 2.44. The molecular weight excluding hydrogens is 194 g/mol. The topological polar surface area (TPSA) is 38.9 Å². The first-order valence-electron chi connectivity index (χ1n) is 3.60. The Labute approximate surface area is 77.0 Å². The van der Waals surface area contributed by atoms with Gasteiger partial charge in [-0.1, -0.05) is 11.3 Å². The van der Waals surface area contributed by atoms with Gasteiger partial charge in [0.1, 0.15) is 0 Å². The summed E-state index contributed by atoms with van der Waals surface area (Å²) in [6.45, 7) is 1.67. The van der Waals surface area contributed by atoms with E-state index < -0.39 is 11.6 Å². The number of halogens is 2. The lowest BCUT2D eigenvalue weighted by atomic mass is 10.2. The minimum Gasteiger partial charge on any atom is -0.375 e. The van der Waals surface area contributed by atoms with Gasteiger partial charge in [-0.05, 0) is 18.6 Å². The van der Waals surface area contributed by atoms with E-state index in [0.29, 0.717) is 11.1 Å². The molecule has 0 aliphatic carbocycles. The van der Waals surface area contributed by atoms with Crippen molar-refractivity contribution in [2.24, 2.45) is 0 Å². The Hall–Kier alpha value is -1.23. The standard InChI is InChI=1S/C8H6F2N2S/c1-3-2-4(9)5(10)7-6(3)12-8(11)13-7/h2H,1H3,(H2,11,12). The number of benzene rings is 1. The van der Waals surface area contributed by atoms with Crippen molar-refractivity contribution in [3.05, 3.63) is 23.3 Å². The molecule has 2 aromatic rings. The fourth-order valence-electron chi connectivity index (χ4n) is 1.18. The molecular formula is C8H6F2N2S. The normalized spacial score (nSPS) is 11.0. The van der Waals surface area contributed by atoms with E-state index in [0.717, 1.165) is 17.4 Å². The predicted molar refractivity (Wildman–Crippen MR) is 48.7 cm³/mol. The van der Waals surface area contributed by atoms with E-state index >= 15 is 0 Å². The molecule has 5 heteroatoms. The fourth-order valence-corrected chi connectivity index (χ4v) is 2.02. The van der Waals surface area contributed by atoms with Gasteiger partial charge in [0.15, 0.2) is 16.8 Å². The molecule has 0 aliphatic rings. The first kappa shape index (κ1) is 8.37. The summed E-state index contributed by atoms with van der Waals surface area (Å²) in [4.78, 5) is 3.90. The van der Waals surface area contributed by atoms with E-state index in [9.17, 15) is 8.78 Å². The van der Waals surface area contributed by atoms with Gasteiger partial charge in [-0.15, -0.1) is 0 Å². The van der Waals surface area contributed by atoms with Crippen LogP contribution in [0.5, 0.6) is 0 Å². The summed E-state index contributed by atoms with van der Waals surface area (Å²) in [5.74, 6) is -1.72. The largest absolute Gasteiger partial charge is 0.375 e. The second-order valence-electron chi connectivity index (χ2n) is 2.72. The van der Waals surface area contributed by atoms with E-state index in [-0.39, 0.29) is 9.83 Å². The van der Waals surface area contributed by atoms with Crippen LogP contribution in [0.3, 0.4) is 0 Å². The number of nitrogen functional groups attached to an aromatic ring is 1. The van der Waals surface area contributed by atoms with Crippen molar-refractivity contribution in [1.29, 1.82) is 0 Å². The maximum absolute atomic E-state index is 13.1. The molecule has 0 fully saturated rings. The quantitative estimate of drug-likeness (QED) is 0.709. The molecule has 2 N–H and O–H groups in total. The van der Waals surface area contributed by atoms with E-state index in [1.807, 2.05) is 0 Å². The number of rotatable bonds is 0. The van der Waals surface area contributed by atoms with Gasteiger partial charge in [0.25, 0.3) is 0 Å². The molecule has 1 aromatic carbocycles. The Morgan fingerprint density at radius 1 is 1.46 bits per heavy atom. The number of thiazole rings is 1. The number of hydrogen-bond donors (Lipinski definition) is 1. The third-order valence-electron chi connectivity index (χ3n) is 1.77. The first-order chi connectivity index (χ1) is 6.09. The van der Waals surface area contributed by atoms with Crippen molar-refractivity contribution < 1.29 is 8.78 Å². The van der Waals surface area contributed by atoms with Gasteiger partial charge in [0, 0.05) is 0 Å². The molecule has 1 aromatic heterocycles. The molecule has 0 amide bonds. The minimum absolute atomic E-state index is 0.190. The first-order valence-corrected chi connectivity index (χ1v) is 4.42. The van der Waals surface area contributed by atoms with Gasteiger partial charge in [-0.2, -0.15) is 0 Å². The Kier molecular flexibility index (Phi) is 1.69. The highest BCUT2D eigenvalue weighted by Crippen LogP contribution is 2.30. The number of fused-ring (bicyclic) bond motifs is 1. The molecule has 0 saturated heterocycles. The summed E-state index contributed by atoms with van der Waals surface area (Å²) in [5.41, 5.74) is 6.44. The summed E-state index contributed by atoms with van der Waals surface area (Å²) in [7, 11) is 0. The predicted octanol–water partition coefficient (Wildman–Crippen LogP) is 2.47. The van der Waals surface area contributed by atoms with E-state index in [1.165, 1.54) is 0 Å². The van der Waals surface area contributed by atoms with Crippen LogP contribution in [-0.2, 0) is 0 Å². The van der Waals surface area contributed by atoms with Gasteiger partial charge in [0.2, 0.25) is 0 Å². The maximum Gasteiger partial charge on any atom is 0.181 e. The molecule has 13 heavy (non-hydrogen) atoms. The van der Waals surface area contributed by atoms with Gasteiger partial charge < -0.3 is 5.73 Å². The Balaban J connectivity index is 2.95. The minimum atomic E-state index is -0.866. The number of nitrogens with zero attached hydrogens (tertiary/aromatic N) is 1.